The lowest BCUT2D eigenvalue weighted by Gasteiger charge is -2.27. The third kappa shape index (κ3) is 6.01. The third-order valence-electron chi connectivity index (χ3n) is 4.92. The van der Waals surface area contributed by atoms with Gasteiger partial charge in [0.05, 0.1) is 19.1 Å². The molecule has 0 fully saturated rings. The van der Waals surface area contributed by atoms with Gasteiger partial charge >= 0.3 is 11.9 Å². The summed E-state index contributed by atoms with van der Waals surface area (Å²) in [6.07, 6.45) is 3.37. The molecule has 0 saturated carbocycles. The van der Waals surface area contributed by atoms with Crippen molar-refractivity contribution < 1.29 is 32.4 Å². The summed E-state index contributed by atoms with van der Waals surface area (Å²) >= 11 is 0. The summed E-state index contributed by atoms with van der Waals surface area (Å²) in [6.45, 7) is 7.05. The molecule has 0 atom stereocenters. The van der Waals surface area contributed by atoms with Gasteiger partial charge in [-0.1, -0.05) is 30.7 Å². The van der Waals surface area contributed by atoms with Crippen molar-refractivity contribution >= 4 is 27.6 Å². The number of ether oxygens (including phenoxy) is 2. The van der Waals surface area contributed by atoms with Crippen LogP contribution in [-0.2, 0) is 29.1 Å². The number of carbonyl (C=O) groups is 2. The van der Waals surface area contributed by atoms with Crippen LogP contribution < -0.4 is 0 Å². The molecule has 0 unspecified atom stereocenters. The summed E-state index contributed by atoms with van der Waals surface area (Å²) in [5.41, 5.74) is -2.10. The summed E-state index contributed by atoms with van der Waals surface area (Å²) < 4.78 is 36.8. The fraction of sp³-hybridized carbons (Fsp3) is 0.429. The molecule has 32 heavy (non-hydrogen) atoms. The predicted octanol–water partition coefficient (Wildman–Crippen LogP) is 2.85. The third-order valence-corrected chi connectivity index (χ3v) is 6.83. The average Bonchev–Trinajstić information content (AvgIpc) is 2.78. The number of allylic oxidation sites excluding steroid dienone is 1. The standard InChI is InChI=1S/C21H28N2O8S/c1-5-13-21(19(24)30-3,20(25)31-4)14-9-10-16-22(15-6-2)32(28,29)18-12-8-7-11-17(18)23(26)27/h5-8,11-12H,1-2,9-10,13-16H2,3-4H3. The van der Waals surface area contributed by atoms with Gasteiger partial charge in [-0.2, -0.15) is 4.31 Å². The van der Waals surface area contributed by atoms with Crippen molar-refractivity contribution in [1.82, 2.24) is 4.31 Å². The zero-order valence-electron chi connectivity index (χ0n) is 18.2. The fourth-order valence-corrected chi connectivity index (χ4v) is 4.93. The number of nitro benzene ring substituents is 1. The summed E-state index contributed by atoms with van der Waals surface area (Å²) in [6, 6.07) is 5.08. The Hall–Kier alpha value is -3.05. The van der Waals surface area contributed by atoms with Crippen LogP contribution in [-0.4, -0.2) is 56.9 Å². The van der Waals surface area contributed by atoms with Crippen molar-refractivity contribution in [2.75, 3.05) is 27.3 Å². The van der Waals surface area contributed by atoms with Crippen LogP contribution in [0.4, 0.5) is 5.69 Å². The van der Waals surface area contributed by atoms with E-state index in [1.807, 2.05) is 0 Å². The second-order valence-electron chi connectivity index (χ2n) is 6.89. The quantitative estimate of drug-likeness (QED) is 0.102. The molecule has 0 bridgehead atoms. The molecule has 0 radical (unpaired) electrons. The molecule has 0 spiro atoms. The highest BCUT2D eigenvalue weighted by Gasteiger charge is 2.46. The Labute approximate surface area is 187 Å². The first-order valence-corrected chi connectivity index (χ1v) is 11.2. The zero-order chi connectivity index (χ0) is 24.4. The van der Waals surface area contributed by atoms with Crippen molar-refractivity contribution in [2.45, 2.75) is 30.6 Å². The van der Waals surface area contributed by atoms with E-state index in [1.165, 1.54) is 30.4 Å². The van der Waals surface area contributed by atoms with Gasteiger partial charge in [0.2, 0.25) is 10.0 Å². The van der Waals surface area contributed by atoms with Crippen molar-refractivity contribution in [1.29, 1.82) is 0 Å². The van der Waals surface area contributed by atoms with Gasteiger partial charge in [0.25, 0.3) is 5.69 Å². The van der Waals surface area contributed by atoms with Crippen molar-refractivity contribution in [2.24, 2.45) is 5.41 Å². The van der Waals surface area contributed by atoms with Crippen LogP contribution in [0.1, 0.15) is 25.7 Å². The maximum atomic E-state index is 13.1. The number of nitro groups is 1. The number of hydrogen-bond donors (Lipinski definition) is 0. The van der Waals surface area contributed by atoms with Gasteiger partial charge in [-0.15, -0.1) is 13.2 Å². The molecule has 0 N–H and O–H groups in total. The number of hydrogen-bond acceptors (Lipinski definition) is 8. The van der Waals surface area contributed by atoms with E-state index in [0.29, 0.717) is 0 Å². The monoisotopic (exact) mass is 468 g/mol. The van der Waals surface area contributed by atoms with Crippen LogP contribution in [0.5, 0.6) is 0 Å². The maximum absolute atomic E-state index is 13.1. The van der Waals surface area contributed by atoms with Crippen LogP contribution >= 0.6 is 0 Å². The topological polar surface area (TPSA) is 133 Å². The molecule has 0 amide bonds. The summed E-state index contributed by atoms with van der Waals surface area (Å²) in [5.74, 6) is -1.53. The zero-order valence-corrected chi connectivity index (χ0v) is 19.0. The van der Waals surface area contributed by atoms with E-state index in [4.69, 9.17) is 9.47 Å². The molecule has 10 nitrogen and oxygen atoms in total. The number of benzene rings is 1. The highest BCUT2D eigenvalue weighted by Crippen LogP contribution is 2.33. The van der Waals surface area contributed by atoms with Crippen molar-refractivity contribution in [3.8, 4) is 0 Å². The maximum Gasteiger partial charge on any atom is 0.323 e. The van der Waals surface area contributed by atoms with E-state index in [0.717, 1.165) is 24.6 Å². The van der Waals surface area contributed by atoms with Gasteiger partial charge in [-0.25, -0.2) is 8.42 Å². The second-order valence-corrected chi connectivity index (χ2v) is 8.80. The summed E-state index contributed by atoms with van der Waals surface area (Å²) in [5, 5.41) is 11.3. The Morgan fingerprint density at radius 2 is 1.72 bits per heavy atom. The van der Waals surface area contributed by atoms with E-state index in [-0.39, 0.29) is 38.8 Å². The number of unbranched alkanes of at least 4 members (excludes halogenated alkanes) is 1. The van der Waals surface area contributed by atoms with Crippen molar-refractivity contribution in [3.63, 3.8) is 0 Å². The van der Waals surface area contributed by atoms with Crippen LogP contribution in [0, 0.1) is 15.5 Å². The van der Waals surface area contributed by atoms with Crippen LogP contribution in [0.15, 0.2) is 54.5 Å². The first-order valence-electron chi connectivity index (χ1n) is 9.74. The number of esters is 2. The largest absolute Gasteiger partial charge is 0.468 e. The van der Waals surface area contributed by atoms with Crippen LogP contribution in [0.3, 0.4) is 0 Å². The van der Waals surface area contributed by atoms with Gasteiger partial charge in [-0.3, -0.25) is 19.7 Å². The van der Waals surface area contributed by atoms with Gasteiger partial charge in [0.15, 0.2) is 10.3 Å². The van der Waals surface area contributed by atoms with Crippen LogP contribution in [0.2, 0.25) is 0 Å². The van der Waals surface area contributed by atoms with Gasteiger partial charge in [-0.05, 0) is 25.3 Å². The molecule has 0 heterocycles. The summed E-state index contributed by atoms with van der Waals surface area (Å²) in [7, 11) is -1.86. The number of sulfonamides is 1. The molecular weight excluding hydrogens is 440 g/mol. The lowest BCUT2D eigenvalue weighted by atomic mass is 9.79. The van der Waals surface area contributed by atoms with E-state index in [9.17, 15) is 28.1 Å². The molecule has 0 aromatic heterocycles. The normalized spacial score (nSPS) is 11.6. The number of carbonyl (C=O) groups excluding carboxylic acids is 2. The molecular formula is C21H28N2O8S. The van der Waals surface area contributed by atoms with E-state index in [1.54, 1.807) is 0 Å². The smallest absolute Gasteiger partial charge is 0.323 e. The number of para-hydroxylation sites is 1. The molecule has 0 saturated heterocycles. The molecule has 11 heteroatoms. The Bertz CT molecular complexity index is 942. The second kappa shape index (κ2) is 12.1. The van der Waals surface area contributed by atoms with Gasteiger partial charge in [0.1, 0.15) is 0 Å². The number of methoxy groups -OCH3 is 2. The van der Waals surface area contributed by atoms with Gasteiger partial charge in [0, 0.05) is 19.2 Å². The Morgan fingerprint density at radius 3 is 2.22 bits per heavy atom. The SMILES string of the molecule is C=CCN(CCCCC(CC=C)(C(=O)OC)C(=O)OC)S(=O)(=O)c1ccccc1[N+](=O)[O-]. The highest BCUT2D eigenvalue weighted by molar-refractivity contribution is 7.89. The summed E-state index contributed by atoms with van der Waals surface area (Å²) in [4.78, 5) is 34.8. The number of nitrogens with zero attached hydrogens (tertiary/aromatic N) is 2. The predicted molar refractivity (Wildman–Crippen MR) is 117 cm³/mol. The minimum atomic E-state index is -4.19. The average molecular weight is 469 g/mol. The molecule has 0 aliphatic rings. The molecule has 1 aromatic rings. The minimum Gasteiger partial charge on any atom is -0.468 e. The van der Waals surface area contributed by atoms with E-state index in [2.05, 4.69) is 13.2 Å². The molecule has 1 aromatic carbocycles. The highest BCUT2D eigenvalue weighted by atomic mass is 32.2. The first kappa shape index (κ1) is 27.0. The lowest BCUT2D eigenvalue weighted by molar-refractivity contribution is -0.387. The lowest BCUT2D eigenvalue weighted by Crippen LogP contribution is -2.41. The molecule has 0 aliphatic heterocycles. The first-order chi connectivity index (χ1) is 15.1. The molecule has 0 aliphatic carbocycles. The van der Waals surface area contributed by atoms with Crippen LogP contribution in [0.25, 0.3) is 0 Å². The minimum absolute atomic E-state index is 0.00275. The Morgan fingerprint density at radius 1 is 1.12 bits per heavy atom. The van der Waals surface area contributed by atoms with Crippen molar-refractivity contribution in [3.05, 3.63) is 59.7 Å². The number of rotatable bonds is 14. The Balaban J connectivity index is 3.07. The fourth-order valence-electron chi connectivity index (χ4n) is 3.33. The van der Waals surface area contributed by atoms with Gasteiger partial charge < -0.3 is 9.47 Å². The van der Waals surface area contributed by atoms with E-state index >= 15 is 0 Å². The Kier molecular flexibility index (Phi) is 10.2. The van der Waals surface area contributed by atoms with E-state index < -0.39 is 42.9 Å². The molecule has 1 rings (SSSR count). The molecule has 176 valence electrons.